The average Bonchev–Trinajstić information content (AvgIpc) is 3.15. The van der Waals surface area contributed by atoms with Gasteiger partial charge in [0.15, 0.2) is 6.61 Å². The third-order valence-corrected chi connectivity index (χ3v) is 4.81. The van der Waals surface area contributed by atoms with E-state index in [0.29, 0.717) is 23.9 Å². The second-order valence-corrected chi connectivity index (χ2v) is 7.17. The number of hydrogen-bond acceptors (Lipinski definition) is 3. The third kappa shape index (κ3) is 5.68. The fourth-order valence-corrected chi connectivity index (χ4v) is 3.33. The summed E-state index contributed by atoms with van der Waals surface area (Å²) in [5.74, 6) is 0.202. The van der Waals surface area contributed by atoms with Crippen molar-refractivity contribution in [3.05, 3.63) is 64.4 Å². The monoisotopic (exact) mass is 391 g/mol. The van der Waals surface area contributed by atoms with Gasteiger partial charge in [0.1, 0.15) is 11.6 Å². The van der Waals surface area contributed by atoms with E-state index in [0.717, 1.165) is 30.6 Å². The van der Waals surface area contributed by atoms with Crippen LogP contribution in [0.25, 0.3) is 0 Å². The Hall–Kier alpha value is -2.11. The molecule has 0 bridgehead atoms. The number of carbonyl (C=O) groups is 1. The van der Waals surface area contributed by atoms with Crippen LogP contribution < -0.4 is 4.74 Å². The van der Waals surface area contributed by atoms with Crippen LogP contribution in [-0.4, -0.2) is 36.7 Å². The minimum Gasteiger partial charge on any atom is -0.483 e. The lowest BCUT2D eigenvalue weighted by Crippen LogP contribution is -2.39. The first-order chi connectivity index (χ1) is 13.0. The molecule has 0 spiro atoms. The molecule has 0 aliphatic carbocycles. The summed E-state index contributed by atoms with van der Waals surface area (Å²) in [4.78, 5) is 14.5. The second kappa shape index (κ2) is 9.20. The number of ether oxygens (including phenoxy) is 2. The van der Waals surface area contributed by atoms with E-state index in [1.807, 2.05) is 6.92 Å². The average molecular weight is 392 g/mol. The van der Waals surface area contributed by atoms with Gasteiger partial charge in [0.2, 0.25) is 0 Å². The van der Waals surface area contributed by atoms with Crippen molar-refractivity contribution < 1.29 is 18.7 Å². The first-order valence-electron chi connectivity index (χ1n) is 9.04. The Balaban J connectivity index is 1.66. The molecule has 1 aliphatic rings. The molecular formula is C21H23ClFNO3. The lowest BCUT2D eigenvalue weighted by molar-refractivity contribution is -0.135. The summed E-state index contributed by atoms with van der Waals surface area (Å²) in [7, 11) is 0. The first kappa shape index (κ1) is 19.6. The van der Waals surface area contributed by atoms with E-state index in [2.05, 4.69) is 0 Å². The number of hydrogen-bond donors (Lipinski definition) is 0. The van der Waals surface area contributed by atoms with Gasteiger partial charge in [-0.05, 0) is 61.2 Å². The Morgan fingerprint density at radius 3 is 2.74 bits per heavy atom. The van der Waals surface area contributed by atoms with E-state index in [4.69, 9.17) is 21.1 Å². The Kier molecular flexibility index (Phi) is 6.69. The molecule has 1 amide bonds. The van der Waals surface area contributed by atoms with Crippen LogP contribution in [0.5, 0.6) is 5.75 Å². The third-order valence-electron chi connectivity index (χ3n) is 4.58. The molecule has 1 heterocycles. The van der Waals surface area contributed by atoms with Crippen LogP contribution in [0.1, 0.15) is 24.0 Å². The quantitative estimate of drug-likeness (QED) is 0.703. The molecule has 2 aromatic carbocycles. The summed E-state index contributed by atoms with van der Waals surface area (Å²) in [6, 6.07) is 11.5. The largest absolute Gasteiger partial charge is 0.483 e. The fourth-order valence-electron chi connectivity index (χ4n) is 3.10. The maximum absolute atomic E-state index is 13.2. The van der Waals surface area contributed by atoms with Crippen LogP contribution in [0, 0.1) is 12.7 Å². The Bertz CT molecular complexity index is 775. The molecule has 3 rings (SSSR count). The molecule has 0 aromatic heterocycles. The van der Waals surface area contributed by atoms with Crippen LogP contribution in [0.3, 0.4) is 0 Å². The van der Waals surface area contributed by atoms with Gasteiger partial charge in [-0.3, -0.25) is 4.79 Å². The topological polar surface area (TPSA) is 38.8 Å². The summed E-state index contributed by atoms with van der Waals surface area (Å²) < 4.78 is 24.5. The van der Waals surface area contributed by atoms with Crippen molar-refractivity contribution in [3.8, 4) is 5.75 Å². The molecule has 1 unspecified atom stereocenters. The van der Waals surface area contributed by atoms with Crippen molar-refractivity contribution in [2.24, 2.45) is 0 Å². The maximum atomic E-state index is 13.2. The summed E-state index contributed by atoms with van der Waals surface area (Å²) in [5.41, 5.74) is 1.74. The van der Waals surface area contributed by atoms with Gasteiger partial charge in [-0.25, -0.2) is 4.39 Å². The number of benzene rings is 2. The summed E-state index contributed by atoms with van der Waals surface area (Å²) in [5, 5.41) is 0.627. The molecule has 144 valence electrons. The Morgan fingerprint density at radius 1 is 1.30 bits per heavy atom. The normalized spacial score (nSPS) is 16.3. The van der Waals surface area contributed by atoms with Gasteiger partial charge >= 0.3 is 0 Å². The van der Waals surface area contributed by atoms with Crippen molar-refractivity contribution in [3.63, 3.8) is 0 Å². The predicted molar refractivity (Wildman–Crippen MR) is 102 cm³/mol. The Morgan fingerprint density at radius 2 is 2.07 bits per heavy atom. The molecule has 0 saturated carbocycles. The van der Waals surface area contributed by atoms with Crippen molar-refractivity contribution >= 4 is 17.5 Å². The van der Waals surface area contributed by atoms with Crippen LogP contribution in [0.2, 0.25) is 5.02 Å². The highest BCUT2D eigenvalue weighted by atomic mass is 35.5. The van der Waals surface area contributed by atoms with Gasteiger partial charge in [0.05, 0.1) is 6.10 Å². The number of amides is 1. The van der Waals surface area contributed by atoms with Crippen LogP contribution in [0.15, 0.2) is 42.5 Å². The molecule has 0 radical (unpaired) electrons. The predicted octanol–water partition coefficient (Wildman–Crippen LogP) is 4.37. The summed E-state index contributed by atoms with van der Waals surface area (Å²) in [6.45, 7) is 3.43. The van der Waals surface area contributed by atoms with Crippen molar-refractivity contribution in [1.29, 1.82) is 0 Å². The van der Waals surface area contributed by atoms with E-state index < -0.39 is 0 Å². The first-order valence-corrected chi connectivity index (χ1v) is 9.42. The summed E-state index contributed by atoms with van der Waals surface area (Å²) >= 11 is 5.96. The van der Waals surface area contributed by atoms with Gasteiger partial charge in [0, 0.05) is 24.7 Å². The number of rotatable bonds is 7. The number of halogens is 2. The van der Waals surface area contributed by atoms with E-state index in [1.165, 1.54) is 12.1 Å². The summed E-state index contributed by atoms with van der Waals surface area (Å²) in [6.07, 6.45) is 1.97. The standard InChI is InChI=1S/C21H23ClFNO3/c1-15-11-17(22)6-9-20(15)27-14-21(25)24(13-19-3-2-10-26-19)12-16-4-7-18(23)8-5-16/h4-9,11,19H,2-3,10,12-14H2,1H3. The van der Waals surface area contributed by atoms with Gasteiger partial charge in [-0.2, -0.15) is 0 Å². The molecule has 1 atom stereocenters. The van der Waals surface area contributed by atoms with Crippen molar-refractivity contribution in [1.82, 2.24) is 4.90 Å². The zero-order valence-corrected chi connectivity index (χ0v) is 16.0. The molecule has 1 fully saturated rings. The van der Waals surface area contributed by atoms with Gasteiger partial charge < -0.3 is 14.4 Å². The zero-order valence-electron chi connectivity index (χ0n) is 15.3. The fraction of sp³-hybridized carbons (Fsp3) is 0.381. The minimum absolute atomic E-state index is 0.0340. The number of carbonyl (C=O) groups excluding carboxylic acids is 1. The van der Waals surface area contributed by atoms with E-state index in [1.54, 1.807) is 35.2 Å². The lowest BCUT2D eigenvalue weighted by Gasteiger charge is -2.26. The molecule has 1 saturated heterocycles. The smallest absolute Gasteiger partial charge is 0.260 e. The van der Waals surface area contributed by atoms with Crippen molar-refractivity contribution in [2.45, 2.75) is 32.4 Å². The van der Waals surface area contributed by atoms with Crippen molar-refractivity contribution in [2.75, 3.05) is 19.8 Å². The molecular weight excluding hydrogens is 369 g/mol. The van der Waals surface area contributed by atoms with Crippen LogP contribution in [-0.2, 0) is 16.1 Å². The molecule has 0 N–H and O–H groups in total. The van der Waals surface area contributed by atoms with Gasteiger partial charge in [-0.1, -0.05) is 23.7 Å². The van der Waals surface area contributed by atoms with E-state index >= 15 is 0 Å². The lowest BCUT2D eigenvalue weighted by atomic mass is 10.1. The SMILES string of the molecule is Cc1cc(Cl)ccc1OCC(=O)N(Cc1ccc(F)cc1)CC1CCCO1. The van der Waals surface area contributed by atoms with Crippen LogP contribution in [0.4, 0.5) is 4.39 Å². The molecule has 27 heavy (non-hydrogen) atoms. The molecule has 6 heteroatoms. The second-order valence-electron chi connectivity index (χ2n) is 6.73. The molecule has 1 aliphatic heterocycles. The van der Waals surface area contributed by atoms with E-state index in [-0.39, 0.29) is 24.4 Å². The number of aryl methyl sites for hydroxylation is 1. The van der Waals surface area contributed by atoms with Gasteiger partial charge in [0.25, 0.3) is 5.91 Å². The molecule has 4 nitrogen and oxygen atoms in total. The Labute approximate surface area is 163 Å². The highest BCUT2D eigenvalue weighted by Gasteiger charge is 2.23. The minimum atomic E-state index is -0.294. The highest BCUT2D eigenvalue weighted by Crippen LogP contribution is 2.22. The molecule has 2 aromatic rings. The number of nitrogens with zero attached hydrogens (tertiary/aromatic N) is 1. The van der Waals surface area contributed by atoms with Crippen LogP contribution >= 0.6 is 11.6 Å². The maximum Gasteiger partial charge on any atom is 0.260 e. The zero-order chi connectivity index (χ0) is 19.2. The van der Waals surface area contributed by atoms with E-state index in [9.17, 15) is 9.18 Å². The van der Waals surface area contributed by atoms with Gasteiger partial charge in [-0.15, -0.1) is 0 Å². The highest BCUT2D eigenvalue weighted by molar-refractivity contribution is 6.30.